The summed E-state index contributed by atoms with van der Waals surface area (Å²) in [5.74, 6) is 0. The largest absolute Gasteiger partial charge is 0.376 e. The molecule has 2 rings (SSSR count). The van der Waals surface area contributed by atoms with Crippen LogP contribution >= 0.6 is 0 Å². The molecule has 0 unspecified atom stereocenters. The molecule has 1 aromatic heterocycles. The van der Waals surface area contributed by atoms with Gasteiger partial charge in [0.05, 0.1) is 15.9 Å². The fraction of sp³-hybridized carbons (Fsp3) is 0. The number of fused-ring (bicyclic) bond motifs is 1. The first-order chi connectivity index (χ1) is 7.08. The number of non-ortho nitro benzene ring substituents is 1. The predicted molar refractivity (Wildman–Crippen MR) is 48.9 cm³/mol. The second-order valence-electron chi connectivity index (χ2n) is 2.82. The van der Waals surface area contributed by atoms with E-state index in [1.165, 1.54) is 12.1 Å². The molecule has 0 aliphatic heterocycles. The molecule has 0 atom stereocenters. The van der Waals surface area contributed by atoms with E-state index in [2.05, 4.69) is 4.98 Å². The van der Waals surface area contributed by atoms with Gasteiger partial charge in [0.1, 0.15) is 5.52 Å². The summed E-state index contributed by atoms with van der Waals surface area (Å²) in [6.45, 7) is 0. The summed E-state index contributed by atoms with van der Waals surface area (Å²) >= 11 is 0. The van der Waals surface area contributed by atoms with Crippen LogP contribution in [-0.4, -0.2) is 15.0 Å². The molecular weight excluding hydrogens is 204 g/mol. The fourth-order valence-electron chi connectivity index (χ4n) is 1.21. The van der Waals surface area contributed by atoms with Crippen molar-refractivity contribution in [1.82, 2.24) is 10.1 Å². The summed E-state index contributed by atoms with van der Waals surface area (Å²) in [4.78, 5) is 34.2. The van der Waals surface area contributed by atoms with E-state index in [1.54, 1.807) is 0 Å². The Bertz CT molecular complexity index is 656. The smallest absolute Gasteiger partial charge is 0.298 e. The van der Waals surface area contributed by atoms with Crippen LogP contribution in [0.2, 0.25) is 0 Å². The maximum absolute atomic E-state index is 11.2. The molecule has 0 saturated carbocycles. The third-order valence-corrected chi connectivity index (χ3v) is 1.86. The lowest BCUT2D eigenvalue weighted by Gasteiger charge is -1.90. The van der Waals surface area contributed by atoms with Crippen molar-refractivity contribution in [2.45, 2.75) is 0 Å². The SMILES string of the molecule is O=c1[nH]c2ccc([N+](=O)[O-])cc2[n+](=O)[nH]1. The quantitative estimate of drug-likeness (QED) is 0.380. The molecule has 8 nitrogen and oxygen atoms in total. The van der Waals surface area contributed by atoms with Gasteiger partial charge in [-0.2, -0.15) is 0 Å². The number of H-pyrrole nitrogens is 2. The number of hydrogen-bond donors (Lipinski definition) is 2. The predicted octanol–water partition coefficient (Wildman–Crippen LogP) is -0.321. The molecule has 2 N–H and O–H groups in total. The zero-order chi connectivity index (χ0) is 11.0. The molecule has 15 heavy (non-hydrogen) atoms. The van der Waals surface area contributed by atoms with Crippen LogP contribution in [-0.2, 0) is 0 Å². The number of nitrogens with zero attached hydrogens (tertiary/aromatic N) is 2. The van der Waals surface area contributed by atoms with Gasteiger partial charge in [-0.05, 0) is 6.07 Å². The lowest BCUT2D eigenvalue weighted by molar-refractivity contribution is -0.538. The van der Waals surface area contributed by atoms with Gasteiger partial charge in [-0.1, -0.05) is 5.10 Å². The highest BCUT2D eigenvalue weighted by atomic mass is 16.6. The molecule has 0 amide bonds. The number of aromatic nitrogens is 3. The normalized spacial score (nSPS) is 10.4. The standard InChI is InChI=1S/C7H4N4O4/c12-7-8-5-2-1-4(11(14)15)3-6(5)10(13)9-7/h1-3H,(H-,8,9,12,13)/p+1. The lowest BCUT2D eigenvalue weighted by atomic mass is 10.3. The Morgan fingerprint density at radius 1 is 1.40 bits per heavy atom. The molecule has 0 aliphatic carbocycles. The second-order valence-corrected chi connectivity index (χ2v) is 2.82. The van der Waals surface area contributed by atoms with Crippen LogP contribution in [0, 0.1) is 15.0 Å². The van der Waals surface area contributed by atoms with Crippen molar-refractivity contribution in [3.63, 3.8) is 0 Å². The first kappa shape index (κ1) is 9.06. The number of nitro groups is 1. The third kappa shape index (κ3) is 1.47. The number of nitro benzene ring substituents is 1. The topological polar surface area (TPSA) is 115 Å². The average molecular weight is 209 g/mol. The van der Waals surface area contributed by atoms with Crippen molar-refractivity contribution in [3.8, 4) is 0 Å². The Hall–Kier alpha value is -2.51. The maximum atomic E-state index is 11.2. The Balaban J connectivity index is 2.89. The van der Waals surface area contributed by atoms with E-state index in [0.29, 0.717) is 0 Å². The minimum atomic E-state index is -0.675. The van der Waals surface area contributed by atoms with E-state index >= 15 is 0 Å². The number of aromatic amines is 2. The number of rotatable bonds is 1. The maximum Gasteiger partial charge on any atom is 0.376 e. The molecule has 1 heterocycles. The van der Waals surface area contributed by atoms with Crippen LogP contribution < -0.4 is 10.2 Å². The van der Waals surface area contributed by atoms with Crippen molar-refractivity contribution in [1.29, 1.82) is 0 Å². The van der Waals surface area contributed by atoms with Crippen LogP contribution in [0.25, 0.3) is 11.0 Å². The van der Waals surface area contributed by atoms with Gasteiger partial charge in [-0.3, -0.25) is 15.1 Å². The van der Waals surface area contributed by atoms with Crippen LogP contribution in [0.5, 0.6) is 0 Å². The van der Waals surface area contributed by atoms with E-state index in [9.17, 15) is 19.8 Å². The fourth-order valence-corrected chi connectivity index (χ4v) is 1.21. The minimum absolute atomic E-state index is 0.00352. The van der Waals surface area contributed by atoms with E-state index < -0.39 is 10.6 Å². The van der Waals surface area contributed by atoms with Gasteiger partial charge in [-0.25, -0.2) is 4.79 Å². The monoisotopic (exact) mass is 209 g/mol. The van der Waals surface area contributed by atoms with Gasteiger partial charge in [0.25, 0.3) is 5.69 Å². The van der Waals surface area contributed by atoms with Gasteiger partial charge in [0.15, 0.2) is 4.54 Å². The van der Waals surface area contributed by atoms with Gasteiger partial charge >= 0.3 is 11.2 Å². The molecule has 0 aliphatic rings. The molecule has 0 radical (unpaired) electrons. The summed E-state index contributed by atoms with van der Waals surface area (Å²) < 4.78 is 0.182. The summed E-state index contributed by atoms with van der Waals surface area (Å²) in [5, 5.41) is 12.3. The highest BCUT2D eigenvalue weighted by Gasteiger charge is 2.14. The molecule has 0 bridgehead atoms. The van der Waals surface area contributed by atoms with Crippen LogP contribution in [0.1, 0.15) is 0 Å². The lowest BCUT2D eigenvalue weighted by Crippen LogP contribution is -2.30. The summed E-state index contributed by atoms with van der Waals surface area (Å²) in [6, 6.07) is 3.59. The first-order valence-corrected chi connectivity index (χ1v) is 3.91. The van der Waals surface area contributed by atoms with Crippen molar-refractivity contribution in [3.05, 3.63) is 43.7 Å². The van der Waals surface area contributed by atoms with Gasteiger partial charge in [-0.15, -0.1) is 0 Å². The Morgan fingerprint density at radius 2 is 2.13 bits per heavy atom. The molecule has 1 aromatic carbocycles. The van der Waals surface area contributed by atoms with Crippen LogP contribution in [0.15, 0.2) is 23.0 Å². The van der Waals surface area contributed by atoms with Crippen molar-refractivity contribution >= 4 is 16.7 Å². The molecule has 2 aromatic rings. The second kappa shape index (κ2) is 3.01. The third-order valence-electron chi connectivity index (χ3n) is 1.86. The Labute approximate surface area is 80.9 Å². The molecule has 0 spiro atoms. The Morgan fingerprint density at radius 3 is 2.80 bits per heavy atom. The van der Waals surface area contributed by atoms with Crippen LogP contribution in [0.3, 0.4) is 0 Å². The zero-order valence-electron chi connectivity index (χ0n) is 7.26. The summed E-state index contributed by atoms with van der Waals surface area (Å²) in [7, 11) is 0. The Kier molecular flexibility index (Phi) is 1.82. The van der Waals surface area contributed by atoms with Crippen molar-refractivity contribution < 1.29 is 9.47 Å². The average Bonchev–Trinajstić information content (AvgIpc) is 2.16. The van der Waals surface area contributed by atoms with Gasteiger partial charge in [0.2, 0.25) is 0 Å². The van der Waals surface area contributed by atoms with E-state index in [1.807, 2.05) is 5.10 Å². The number of benzene rings is 1. The minimum Gasteiger partial charge on any atom is -0.298 e. The summed E-state index contributed by atoms with van der Waals surface area (Å²) in [6.07, 6.45) is 0. The number of nitrogens with one attached hydrogen (secondary N) is 2. The van der Waals surface area contributed by atoms with E-state index in [-0.39, 0.29) is 21.3 Å². The van der Waals surface area contributed by atoms with Crippen LogP contribution in [0.4, 0.5) is 5.69 Å². The molecular formula is C7H5N4O4+. The van der Waals surface area contributed by atoms with Gasteiger partial charge in [0, 0.05) is 6.07 Å². The summed E-state index contributed by atoms with van der Waals surface area (Å²) in [5.41, 5.74) is -0.651. The van der Waals surface area contributed by atoms with Crippen molar-refractivity contribution in [2.75, 3.05) is 0 Å². The van der Waals surface area contributed by atoms with E-state index in [0.717, 1.165) is 6.07 Å². The van der Waals surface area contributed by atoms with Gasteiger partial charge < -0.3 is 0 Å². The van der Waals surface area contributed by atoms with Crippen molar-refractivity contribution in [2.24, 2.45) is 0 Å². The number of hydrogen-bond acceptors (Lipinski definition) is 4. The highest BCUT2D eigenvalue weighted by Crippen LogP contribution is 2.14. The van der Waals surface area contributed by atoms with E-state index in [4.69, 9.17) is 0 Å². The molecule has 8 heteroatoms. The molecule has 76 valence electrons. The first-order valence-electron chi connectivity index (χ1n) is 3.91. The zero-order valence-corrected chi connectivity index (χ0v) is 7.26. The molecule has 0 saturated heterocycles. The highest BCUT2D eigenvalue weighted by molar-refractivity contribution is 5.73. The molecule has 0 fully saturated rings.